The summed E-state index contributed by atoms with van der Waals surface area (Å²) in [6.45, 7) is 1.31. The van der Waals surface area contributed by atoms with Crippen molar-refractivity contribution >= 4 is 23.5 Å². The first-order valence-electron chi connectivity index (χ1n) is 5.26. The van der Waals surface area contributed by atoms with Crippen LogP contribution in [-0.4, -0.2) is 31.6 Å². The zero-order chi connectivity index (χ0) is 13.5. The predicted molar refractivity (Wildman–Crippen MR) is 66.6 cm³/mol. The highest BCUT2D eigenvalue weighted by atomic mass is 35.5. The monoisotopic (exact) mass is 271 g/mol. The third-order valence-corrected chi connectivity index (χ3v) is 2.35. The zero-order valence-electron chi connectivity index (χ0n) is 10.1. The highest BCUT2D eigenvalue weighted by molar-refractivity contribution is 6.30. The van der Waals surface area contributed by atoms with Gasteiger partial charge in [-0.15, -0.1) is 0 Å². The van der Waals surface area contributed by atoms with Gasteiger partial charge in [0, 0.05) is 11.9 Å². The number of ether oxygens (including phenoxy) is 2. The minimum Gasteiger partial charge on any atom is -0.491 e. The molecule has 0 spiro atoms. The quantitative estimate of drug-likeness (QED) is 0.822. The molecule has 98 valence electrons. The van der Waals surface area contributed by atoms with Gasteiger partial charge in [0.15, 0.2) is 6.04 Å². The number of rotatable bonds is 5. The lowest BCUT2D eigenvalue weighted by atomic mass is 10.3. The lowest BCUT2D eigenvalue weighted by molar-refractivity contribution is -0.145. The molecule has 1 aromatic carbocycles. The topological polar surface area (TPSA) is 64.6 Å². The van der Waals surface area contributed by atoms with Crippen LogP contribution in [0.3, 0.4) is 0 Å². The Morgan fingerprint density at radius 2 is 1.94 bits per heavy atom. The summed E-state index contributed by atoms with van der Waals surface area (Å²) in [6.07, 6.45) is 0. The number of benzene rings is 1. The Bertz CT molecular complexity index is 419. The van der Waals surface area contributed by atoms with E-state index < -0.39 is 12.0 Å². The molecule has 18 heavy (non-hydrogen) atoms. The van der Waals surface area contributed by atoms with Crippen LogP contribution in [0.15, 0.2) is 24.3 Å². The van der Waals surface area contributed by atoms with Gasteiger partial charge < -0.3 is 14.8 Å². The molecular formula is C12H14ClNO4. The maximum absolute atomic E-state index is 11.4. The van der Waals surface area contributed by atoms with Gasteiger partial charge in [-0.25, -0.2) is 4.79 Å². The third kappa shape index (κ3) is 4.63. The molecule has 0 radical (unpaired) electrons. The van der Waals surface area contributed by atoms with Gasteiger partial charge in [0.1, 0.15) is 12.4 Å². The van der Waals surface area contributed by atoms with Crippen LogP contribution in [0.1, 0.15) is 6.92 Å². The van der Waals surface area contributed by atoms with Crippen molar-refractivity contribution in [2.24, 2.45) is 0 Å². The molecular weight excluding hydrogens is 258 g/mol. The predicted octanol–water partition coefficient (Wildman–Crippen LogP) is 1.40. The van der Waals surface area contributed by atoms with Crippen LogP contribution >= 0.6 is 11.6 Å². The maximum atomic E-state index is 11.4. The molecule has 0 aromatic heterocycles. The van der Waals surface area contributed by atoms with E-state index in [4.69, 9.17) is 16.3 Å². The van der Waals surface area contributed by atoms with Crippen molar-refractivity contribution in [2.75, 3.05) is 13.7 Å². The smallest absolute Gasteiger partial charge is 0.331 e. The molecule has 0 saturated heterocycles. The van der Waals surface area contributed by atoms with Crippen LogP contribution in [0.4, 0.5) is 0 Å². The average Bonchev–Trinajstić information content (AvgIpc) is 2.35. The summed E-state index contributed by atoms with van der Waals surface area (Å²) < 4.78 is 9.94. The Morgan fingerprint density at radius 3 is 2.44 bits per heavy atom. The van der Waals surface area contributed by atoms with Gasteiger partial charge in [-0.05, 0) is 24.3 Å². The number of carbonyl (C=O) groups is 2. The molecule has 0 saturated carbocycles. The Hall–Kier alpha value is -1.75. The van der Waals surface area contributed by atoms with E-state index in [2.05, 4.69) is 10.1 Å². The van der Waals surface area contributed by atoms with Gasteiger partial charge in [0.25, 0.3) is 0 Å². The van der Waals surface area contributed by atoms with Crippen molar-refractivity contribution in [2.45, 2.75) is 13.0 Å². The second kappa shape index (κ2) is 6.86. The van der Waals surface area contributed by atoms with Crippen molar-refractivity contribution in [3.8, 4) is 5.75 Å². The molecule has 6 heteroatoms. The molecule has 0 fully saturated rings. The Kier molecular flexibility index (Phi) is 5.45. The van der Waals surface area contributed by atoms with Crippen molar-refractivity contribution in [1.29, 1.82) is 0 Å². The van der Waals surface area contributed by atoms with Crippen molar-refractivity contribution < 1.29 is 19.1 Å². The van der Waals surface area contributed by atoms with Gasteiger partial charge in [-0.3, -0.25) is 4.79 Å². The molecule has 0 aliphatic heterocycles. The highest BCUT2D eigenvalue weighted by Crippen LogP contribution is 2.15. The van der Waals surface area contributed by atoms with Crippen LogP contribution in [0, 0.1) is 0 Å². The molecule has 5 nitrogen and oxygen atoms in total. The molecule has 1 atom stereocenters. The second-order valence-corrected chi connectivity index (χ2v) is 3.98. The summed E-state index contributed by atoms with van der Waals surface area (Å²) >= 11 is 5.73. The van der Waals surface area contributed by atoms with E-state index in [1.54, 1.807) is 24.3 Å². The molecule has 0 bridgehead atoms. The molecule has 1 amide bonds. The third-order valence-electron chi connectivity index (χ3n) is 2.09. The number of nitrogens with one attached hydrogen (secondary N) is 1. The first-order chi connectivity index (χ1) is 8.52. The number of methoxy groups -OCH3 is 1. The summed E-state index contributed by atoms with van der Waals surface area (Å²) in [6, 6.07) is 5.85. The minimum absolute atomic E-state index is 0.00607. The van der Waals surface area contributed by atoms with Crippen LogP contribution in [0.25, 0.3) is 0 Å². The van der Waals surface area contributed by atoms with E-state index in [9.17, 15) is 9.59 Å². The number of carbonyl (C=O) groups excluding carboxylic acids is 2. The standard InChI is InChI=1S/C12H14ClNO4/c1-8(15)14-11(12(16)17-2)7-18-10-5-3-9(13)4-6-10/h3-6,11H,7H2,1-2H3,(H,14,15). The molecule has 1 unspecified atom stereocenters. The van der Waals surface area contributed by atoms with E-state index >= 15 is 0 Å². The molecule has 1 N–H and O–H groups in total. The van der Waals surface area contributed by atoms with Crippen molar-refractivity contribution in [1.82, 2.24) is 5.32 Å². The number of hydrogen-bond acceptors (Lipinski definition) is 4. The Labute approximate surface area is 110 Å². The first-order valence-corrected chi connectivity index (χ1v) is 5.64. The van der Waals surface area contributed by atoms with Crippen LogP contribution in [0.2, 0.25) is 5.02 Å². The van der Waals surface area contributed by atoms with E-state index in [0.29, 0.717) is 10.8 Å². The van der Waals surface area contributed by atoms with Gasteiger partial charge in [0.05, 0.1) is 7.11 Å². The van der Waals surface area contributed by atoms with E-state index in [1.165, 1.54) is 14.0 Å². The van der Waals surface area contributed by atoms with Gasteiger partial charge in [0.2, 0.25) is 5.91 Å². The largest absolute Gasteiger partial charge is 0.491 e. The van der Waals surface area contributed by atoms with Gasteiger partial charge in [-0.2, -0.15) is 0 Å². The first kappa shape index (κ1) is 14.3. The molecule has 0 aliphatic carbocycles. The average molecular weight is 272 g/mol. The fourth-order valence-corrected chi connectivity index (χ4v) is 1.39. The fourth-order valence-electron chi connectivity index (χ4n) is 1.27. The van der Waals surface area contributed by atoms with E-state index in [1.807, 2.05) is 0 Å². The molecule has 0 heterocycles. The highest BCUT2D eigenvalue weighted by Gasteiger charge is 2.20. The number of esters is 1. The van der Waals surface area contributed by atoms with E-state index in [-0.39, 0.29) is 12.5 Å². The zero-order valence-corrected chi connectivity index (χ0v) is 10.9. The number of hydrogen-bond donors (Lipinski definition) is 1. The second-order valence-electron chi connectivity index (χ2n) is 3.54. The lowest BCUT2D eigenvalue weighted by Gasteiger charge is -2.16. The van der Waals surface area contributed by atoms with Crippen molar-refractivity contribution in [3.05, 3.63) is 29.3 Å². The summed E-state index contributed by atoms with van der Waals surface area (Å²) in [5, 5.41) is 3.04. The lowest BCUT2D eigenvalue weighted by Crippen LogP contribution is -2.44. The van der Waals surface area contributed by atoms with E-state index in [0.717, 1.165) is 0 Å². The summed E-state index contributed by atoms with van der Waals surface area (Å²) in [7, 11) is 1.25. The maximum Gasteiger partial charge on any atom is 0.331 e. The molecule has 1 rings (SSSR count). The normalized spacial score (nSPS) is 11.5. The van der Waals surface area contributed by atoms with Gasteiger partial charge >= 0.3 is 5.97 Å². The van der Waals surface area contributed by atoms with Gasteiger partial charge in [-0.1, -0.05) is 11.6 Å². The molecule has 0 aliphatic rings. The minimum atomic E-state index is -0.830. The summed E-state index contributed by atoms with van der Waals surface area (Å²) in [5.74, 6) is -0.331. The number of halogens is 1. The summed E-state index contributed by atoms with van der Waals surface area (Å²) in [4.78, 5) is 22.3. The van der Waals surface area contributed by atoms with Crippen LogP contribution < -0.4 is 10.1 Å². The SMILES string of the molecule is COC(=O)C(COc1ccc(Cl)cc1)NC(C)=O. The fraction of sp³-hybridized carbons (Fsp3) is 0.333. The van der Waals surface area contributed by atoms with Crippen LogP contribution in [-0.2, 0) is 14.3 Å². The number of amides is 1. The Balaban J connectivity index is 2.58. The molecule has 1 aromatic rings. The van der Waals surface area contributed by atoms with Crippen LogP contribution in [0.5, 0.6) is 5.75 Å². The summed E-state index contributed by atoms with van der Waals surface area (Å²) in [5.41, 5.74) is 0. The van der Waals surface area contributed by atoms with Crippen molar-refractivity contribution in [3.63, 3.8) is 0 Å². The Morgan fingerprint density at radius 1 is 1.33 bits per heavy atom.